The number of methoxy groups -OCH3 is 1. The molecule has 0 aromatic carbocycles. The average molecular weight is 298 g/mol. The van der Waals surface area contributed by atoms with Gasteiger partial charge in [0.05, 0.1) is 25.0 Å². The molecule has 0 aliphatic rings. The highest BCUT2D eigenvalue weighted by Gasteiger charge is 2.21. The molecule has 21 heavy (non-hydrogen) atoms. The molecule has 0 saturated carbocycles. The highest BCUT2D eigenvalue weighted by molar-refractivity contribution is 5.91. The van der Waals surface area contributed by atoms with E-state index in [1.165, 1.54) is 6.20 Å². The van der Waals surface area contributed by atoms with Crippen molar-refractivity contribution in [2.45, 2.75) is 32.9 Å². The van der Waals surface area contributed by atoms with E-state index in [2.05, 4.69) is 15.7 Å². The summed E-state index contributed by atoms with van der Waals surface area (Å²) in [6.45, 7) is 4.89. The standard InChI is InChI=1S/C13H22N4O4/c1-9(2)6-11(12(18)19)16-13(20)15-10-7-14-17(8-10)4-5-21-3/h7-9,11H,4-6H2,1-3H3,(H,18,19)(H2,15,16,20)/t11-/m1/s1. The number of nitrogens with zero attached hydrogens (tertiary/aromatic N) is 2. The second-order valence-corrected chi connectivity index (χ2v) is 5.10. The molecule has 2 amide bonds. The maximum atomic E-state index is 11.8. The number of rotatable bonds is 8. The van der Waals surface area contributed by atoms with E-state index in [0.717, 1.165) is 0 Å². The van der Waals surface area contributed by atoms with Gasteiger partial charge in [0, 0.05) is 13.3 Å². The molecule has 0 spiro atoms. The summed E-state index contributed by atoms with van der Waals surface area (Å²) < 4.78 is 6.55. The van der Waals surface area contributed by atoms with E-state index in [1.807, 2.05) is 13.8 Å². The summed E-state index contributed by atoms with van der Waals surface area (Å²) in [6, 6.07) is -1.47. The maximum absolute atomic E-state index is 11.8. The van der Waals surface area contributed by atoms with Crippen LogP contribution >= 0.6 is 0 Å². The number of ether oxygens (including phenoxy) is 1. The van der Waals surface area contributed by atoms with Gasteiger partial charge in [0.25, 0.3) is 0 Å². The highest BCUT2D eigenvalue weighted by Crippen LogP contribution is 2.07. The number of aromatic nitrogens is 2. The lowest BCUT2D eigenvalue weighted by molar-refractivity contribution is -0.139. The van der Waals surface area contributed by atoms with E-state index in [0.29, 0.717) is 25.3 Å². The first-order valence-corrected chi connectivity index (χ1v) is 6.74. The summed E-state index contributed by atoms with van der Waals surface area (Å²) in [6.07, 6.45) is 3.51. The van der Waals surface area contributed by atoms with Gasteiger partial charge in [-0.05, 0) is 12.3 Å². The molecule has 3 N–H and O–H groups in total. The Morgan fingerprint density at radius 1 is 1.48 bits per heavy atom. The largest absolute Gasteiger partial charge is 0.480 e. The van der Waals surface area contributed by atoms with Crippen molar-refractivity contribution in [1.82, 2.24) is 15.1 Å². The predicted octanol–water partition coefficient (Wildman–Crippen LogP) is 1.15. The van der Waals surface area contributed by atoms with Crippen LogP contribution in [-0.2, 0) is 16.1 Å². The normalized spacial score (nSPS) is 12.2. The molecule has 1 aromatic heterocycles. The van der Waals surface area contributed by atoms with Gasteiger partial charge in [-0.1, -0.05) is 13.8 Å². The van der Waals surface area contributed by atoms with Gasteiger partial charge in [-0.2, -0.15) is 5.10 Å². The van der Waals surface area contributed by atoms with Crippen LogP contribution in [0.3, 0.4) is 0 Å². The number of anilines is 1. The topological polar surface area (TPSA) is 105 Å². The molecule has 0 aliphatic carbocycles. The Labute approximate surface area is 123 Å². The Morgan fingerprint density at radius 3 is 2.76 bits per heavy atom. The first-order valence-electron chi connectivity index (χ1n) is 6.74. The molecular formula is C13H22N4O4. The van der Waals surface area contributed by atoms with Crippen molar-refractivity contribution in [3.8, 4) is 0 Å². The van der Waals surface area contributed by atoms with Crippen molar-refractivity contribution in [1.29, 1.82) is 0 Å². The monoisotopic (exact) mass is 298 g/mol. The van der Waals surface area contributed by atoms with Crippen LogP contribution in [0.25, 0.3) is 0 Å². The number of carbonyl (C=O) groups excluding carboxylic acids is 1. The number of hydrogen-bond acceptors (Lipinski definition) is 4. The minimum Gasteiger partial charge on any atom is -0.480 e. The Hall–Kier alpha value is -2.09. The Bertz CT molecular complexity index is 472. The van der Waals surface area contributed by atoms with E-state index in [1.54, 1.807) is 18.0 Å². The number of carboxylic acid groups (broad SMARTS) is 1. The first-order chi connectivity index (χ1) is 9.92. The van der Waals surface area contributed by atoms with Crippen molar-refractivity contribution in [2.75, 3.05) is 19.0 Å². The van der Waals surface area contributed by atoms with Gasteiger partial charge >= 0.3 is 12.0 Å². The second-order valence-electron chi connectivity index (χ2n) is 5.10. The molecule has 0 radical (unpaired) electrons. The van der Waals surface area contributed by atoms with E-state index >= 15 is 0 Å². The summed E-state index contributed by atoms with van der Waals surface area (Å²) in [5.41, 5.74) is 0.497. The fourth-order valence-electron chi connectivity index (χ4n) is 1.75. The number of nitrogens with one attached hydrogen (secondary N) is 2. The number of carboxylic acids is 1. The number of urea groups is 1. The lowest BCUT2D eigenvalue weighted by Gasteiger charge is -2.16. The van der Waals surface area contributed by atoms with Crippen LogP contribution < -0.4 is 10.6 Å². The van der Waals surface area contributed by atoms with Crippen molar-refractivity contribution < 1.29 is 19.4 Å². The first kappa shape index (κ1) is 17.0. The molecule has 8 heteroatoms. The smallest absolute Gasteiger partial charge is 0.326 e. The van der Waals surface area contributed by atoms with E-state index in [4.69, 9.17) is 9.84 Å². The molecular weight excluding hydrogens is 276 g/mol. The Kier molecular flexibility index (Phi) is 6.67. The van der Waals surface area contributed by atoms with Gasteiger partial charge < -0.3 is 20.5 Å². The summed E-state index contributed by atoms with van der Waals surface area (Å²) in [5, 5.41) is 18.1. The number of carbonyl (C=O) groups is 2. The second kappa shape index (κ2) is 8.25. The Morgan fingerprint density at radius 2 is 2.19 bits per heavy atom. The van der Waals surface area contributed by atoms with Crippen LogP contribution in [-0.4, -0.2) is 46.6 Å². The third-order valence-corrected chi connectivity index (χ3v) is 2.73. The summed E-state index contributed by atoms with van der Waals surface area (Å²) in [7, 11) is 1.59. The van der Waals surface area contributed by atoms with Gasteiger partial charge in [0.15, 0.2) is 0 Å². The molecule has 1 rings (SSSR count). The Balaban J connectivity index is 2.51. The van der Waals surface area contributed by atoms with Crippen LogP contribution in [0.1, 0.15) is 20.3 Å². The number of amides is 2. The minimum atomic E-state index is -1.05. The van der Waals surface area contributed by atoms with Gasteiger partial charge in [-0.3, -0.25) is 4.68 Å². The van der Waals surface area contributed by atoms with Crippen molar-refractivity contribution in [3.63, 3.8) is 0 Å². The van der Waals surface area contributed by atoms with Crippen LogP contribution in [0, 0.1) is 5.92 Å². The molecule has 0 fully saturated rings. The summed E-state index contributed by atoms with van der Waals surface area (Å²) in [5.74, 6) is -0.877. The summed E-state index contributed by atoms with van der Waals surface area (Å²) >= 11 is 0. The quantitative estimate of drug-likeness (QED) is 0.667. The fourth-order valence-corrected chi connectivity index (χ4v) is 1.75. The highest BCUT2D eigenvalue weighted by atomic mass is 16.5. The van der Waals surface area contributed by atoms with Crippen molar-refractivity contribution in [2.24, 2.45) is 5.92 Å². The van der Waals surface area contributed by atoms with Gasteiger partial charge in [-0.25, -0.2) is 9.59 Å². The van der Waals surface area contributed by atoms with Gasteiger partial charge in [-0.15, -0.1) is 0 Å². The zero-order valence-electron chi connectivity index (χ0n) is 12.5. The molecule has 0 aliphatic heterocycles. The fraction of sp³-hybridized carbons (Fsp3) is 0.615. The van der Waals surface area contributed by atoms with Crippen LogP contribution in [0.15, 0.2) is 12.4 Å². The van der Waals surface area contributed by atoms with E-state index in [9.17, 15) is 9.59 Å². The molecule has 1 aromatic rings. The maximum Gasteiger partial charge on any atom is 0.326 e. The van der Waals surface area contributed by atoms with Crippen LogP contribution in [0.4, 0.5) is 10.5 Å². The zero-order valence-corrected chi connectivity index (χ0v) is 12.5. The third-order valence-electron chi connectivity index (χ3n) is 2.73. The molecule has 0 bridgehead atoms. The molecule has 0 saturated heterocycles. The van der Waals surface area contributed by atoms with Crippen LogP contribution in [0.2, 0.25) is 0 Å². The third kappa shape index (κ3) is 6.26. The number of hydrogen-bond donors (Lipinski definition) is 3. The van der Waals surface area contributed by atoms with E-state index in [-0.39, 0.29) is 5.92 Å². The van der Waals surface area contributed by atoms with Gasteiger partial charge in [0.2, 0.25) is 0 Å². The van der Waals surface area contributed by atoms with Gasteiger partial charge in [0.1, 0.15) is 6.04 Å². The number of aliphatic carboxylic acids is 1. The molecule has 1 heterocycles. The predicted molar refractivity (Wildman–Crippen MR) is 77.1 cm³/mol. The minimum absolute atomic E-state index is 0.170. The SMILES string of the molecule is COCCn1cc(NC(=O)N[C@H](CC(C)C)C(=O)O)cn1. The van der Waals surface area contributed by atoms with Crippen molar-refractivity contribution >= 4 is 17.7 Å². The molecule has 0 unspecified atom stereocenters. The molecule has 118 valence electrons. The van der Waals surface area contributed by atoms with Crippen LogP contribution in [0.5, 0.6) is 0 Å². The molecule has 1 atom stereocenters. The van der Waals surface area contributed by atoms with E-state index < -0.39 is 18.0 Å². The lowest BCUT2D eigenvalue weighted by Crippen LogP contribution is -2.43. The average Bonchev–Trinajstić information content (AvgIpc) is 2.82. The molecule has 8 nitrogen and oxygen atoms in total. The zero-order chi connectivity index (χ0) is 15.8. The van der Waals surface area contributed by atoms with Crippen molar-refractivity contribution in [3.05, 3.63) is 12.4 Å². The lowest BCUT2D eigenvalue weighted by atomic mass is 10.0. The summed E-state index contributed by atoms with van der Waals surface area (Å²) in [4.78, 5) is 22.9.